The molecule has 2 fully saturated rings. The Kier molecular flexibility index (Phi) is 6.53. The minimum Gasteiger partial charge on any atom is -0.493 e. The summed E-state index contributed by atoms with van der Waals surface area (Å²) in [6, 6.07) is 8.09. The quantitative estimate of drug-likeness (QED) is 0.801. The van der Waals surface area contributed by atoms with E-state index >= 15 is 0 Å². The van der Waals surface area contributed by atoms with E-state index in [0.29, 0.717) is 18.4 Å². The number of amides is 1. The summed E-state index contributed by atoms with van der Waals surface area (Å²) in [7, 11) is 1.90. The number of ether oxygens (including phenoxy) is 1. The van der Waals surface area contributed by atoms with E-state index in [9.17, 15) is 4.79 Å². The summed E-state index contributed by atoms with van der Waals surface area (Å²) in [6.45, 7) is 3.40. The van der Waals surface area contributed by atoms with Crippen molar-refractivity contribution in [2.24, 2.45) is 23.5 Å². The van der Waals surface area contributed by atoms with Crippen molar-refractivity contribution in [1.29, 1.82) is 0 Å². The molecule has 134 valence electrons. The van der Waals surface area contributed by atoms with E-state index in [0.717, 1.165) is 30.7 Å². The Hall–Kier alpha value is -1.26. The Morgan fingerprint density at radius 3 is 2.67 bits per heavy atom. The van der Waals surface area contributed by atoms with Crippen LogP contribution in [0.2, 0.25) is 0 Å². The number of nitrogens with zero attached hydrogens (tertiary/aromatic N) is 1. The first kappa shape index (κ1) is 19.1. The Bertz CT molecular complexity index is 564. The molecule has 0 aromatic heterocycles. The Labute approximate surface area is 151 Å². The molecule has 0 aliphatic heterocycles. The molecule has 0 radical (unpaired) electrons. The van der Waals surface area contributed by atoms with Crippen LogP contribution in [0.1, 0.15) is 31.2 Å². The van der Waals surface area contributed by atoms with Crippen molar-refractivity contribution in [2.75, 3.05) is 20.2 Å². The maximum absolute atomic E-state index is 12.7. The Balaban J connectivity index is 0.00000208. The van der Waals surface area contributed by atoms with Gasteiger partial charge in [-0.1, -0.05) is 18.2 Å². The third-order valence-corrected chi connectivity index (χ3v) is 5.63. The van der Waals surface area contributed by atoms with E-state index in [4.69, 9.17) is 10.5 Å². The van der Waals surface area contributed by atoms with Crippen molar-refractivity contribution in [2.45, 2.75) is 38.6 Å². The van der Waals surface area contributed by atoms with Crippen molar-refractivity contribution >= 4 is 18.3 Å². The fourth-order valence-electron chi connectivity index (χ4n) is 4.27. The second-order valence-electron chi connectivity index (χ2n) is 7.16. The number of carbonyl (C=O) groups excluding carboxylic acids is 1. The number of fused-ring (bicyclic) bond motifs is 2. The van der Waals surface area contributed by atoms with Crippen molar-refractivity contribution in [3.63, 3.8) is 0 Å². The maximum Gasteiger partial charge on any atom is 0.227 e. The average molecular weight is 353 g/mol. The van der Waals surface area contributed by atoms with E-state index in [1.165, 1.54) is 12.8 Å². The fraction of sp³-hybridized carbons (Fsp3) is 0.632. The van der Waals surface area contributed by atoms with E-state index in [-0.39, 0.29) is 30.3 Å². The van der Waals surface area contributed by atoms with Gasteiger partial charge < -0.3 is 15.4 Å². The van der Waals surface area contributed by atoms with Gasteiger partial charge in [0.05, 0.1) is 12.5 Å². The summed E-state index contributed by atoms with van der Waals surface area (Å²) in [4.78, 5) is 14.5. The highest BCUT2D eigenvalue weighted by atomic mass is 35.5. The first-order valence-corrected chi connectivity index (χ1v) is 8.77. The second kappa shape index (κ2) is 8.21. The standard InChI is InChI=1S/C19H28N2O2.ClH/c1-13-6-3-4-7-16(13)23-11-5-10-21(2)19(22)17-14-8-9-15(12-14)18(17)20;/h3-4,6-7,14-15,17-18H,5,8-12,20H2,1-2H3;1H. The highest BCUT2D eigenvalue weighted by Gasteiger charge is 2.49. The number of rotatable bonds is 6. The molecule has 0 saturated heterocycles. The van der Waals surface area contributed by atoms with Crippen LogP contribution >= 0.6 is 12.4 Å². The van der Waals surface area contributed by atoms with Gasteiger partial charge in [0.2, 0.25) is 5.91 Å². The zero-order valence-electron chi connectivity index (χ0n) is 14.6. The van der Waals surface area contributed by atoms with Gasteiger partial charge in [-0.05, 0) is 56.1 Å². The van der Waals surface area contributed by atoms with Gasteiger partial charge in [0, 0.05) is 19.6 Å². The summed E-state index contributed by atoms with van der Waals surface area (Å²) in [5, 5.41) is 0. The topological polar surface area (TPSA) is 55.6 Å². The van der Waals surface area contributed by atoms with Gasteiger partial charge in [-0.2, -0.15) is 0 Å². The molecule has 0 spiro atoms. The van der Waals surface area contributed by atoms with Gasteiger partial charge in [-0.15, -0.1) is 12.4 Å². The monoisotopic (exact) mass is 352 g/mol. The van der Waals surface area contributed by atoms with Crippen molar-refractivity contribution in [1.82, 2.24) is 4.90 Å². The van der Waals surface area contributed by atoms with Gasteiger partial charge in [-0.25, -0.2) is 0 Å². The van der Waals surface area contributed by atoms with Crippen molar-refractivity contribution < 1.29 is 9.53 Å². The normalized spacial score (nSPS) is 27.6. The molecule has 2 aliphatic rings. The lowest BCUT2D eigenvalue weighted by Gasteiger charge is -2.30. The molecule has 1 aromatic rings. The van der Waals surface area contributed by atoms with Crippen molar-refractivity contribution in [3.05, 3.63) is 29.8 Å². The largest absolute Gasteiger partial charge is 0.493 e. The van der Waals surface area contributed by atoms with Crippen LogP contribution in [0.15, 0.2) is 24.3 Å². The Morgan fingerprint density at radius 1 is 1.29 bits per heavy atom. The minimum absolute atomic E-state index is 0. The minimum atomic E-state index is 0. The zero-order chi connectivity index (χ0) is 16.4. The zero-order valence-corrected chi connectivity index (χ0v) is 15.4. The molecule has 1 aromatic carbocycles. The predicted molar refractivity (Wildman–Crippen MR) is 98.5 cm³/mol. The molecule has 2 saturated carbocycles. The van der Waals surface area contributed by atoms with Crippen LogP contribution in [0, 0.1) is 24.7 Å². The van der Waals surface area contributed by atoms with Crippen LogP contribution in [-0.2, 0) is 4.79 Å². The lowest BCUT2D eigenvalue weighted by Crippen LogP contribution is -2.46. The number of nitrogens with two attached hydrogens (primary N) is 1. The van der Waals surface area contributed by atoms with Crippen LogP contribution in [-0.4, -0.2) is 37.0 Å². The van der Waals surface area contributed by atoms with Gasteiger partial charge in [0.1, 0.15) is 5.75 Å². The SMILES string of the molecule is Cc1ccccc1OCCCN(C)C(=O)C1C2CCC(C2)C1N.Cl. The number of hydrogen-bond donors (Lipinski definition) is 1. The average Bonchev–Trinajstić information content (AvgIpc) is 3.13. The smallest absolute Gasteiger partial charge is 0.227 e. The highest BCUT2D eigenvalue weighted by Crippen LogP contribution is 2.48. The first-order valence-electron chi connectivity index (χ1n) is 8.77. The van der Waals surface area contributed by atoms with Gasteiger partial charge in [-0.3, -0.25) is 4.79 Å². The molecule has 3 rings (SSSR count). The molecular weight excluding hydrogens is 324 g/mol. The van der Waals surface area contributed by atoms with Crippen LogP contribution in [0.25, 0.3) is 0 Å². The van der Waals surface area contributed by atoms with E-state index < -0.39 is 0 Å². The molecule has 0 heterocycles. The van der Waals surface area contributed by atoms with Gasteiger partial charge in [0.15, 0.2) is 0 Å². The van der Waals surface area contributed by atoms with Gasteiger partial charge >= 0.3 is 0 Å². The summed E-state index contributed by atoms with van der Waals surface area (Å²) in [5.41, 5.74) is 7.42. The Morgan fingerprint density at radius 2 is 2.00 bits per heavy atom. The number of aryl methyl sites for hydroxylation is 1. The summed E-state index contributed by atoms with van der Waals surface area (Å²) in [6.07, 6.45) is 4.39. The maximum atomic E-state index is 12.7. The summed E-state index contributed by atoms with van der Waals surface area (Å²) in [5.74, 6) is 2.31. The molecule has 1 amide bonds. The van der Waals surface area contributed by atoms with Crippen LogP contribution in [0.3, 0.4) is 0 Å². The second-order valence-corrected chi connectivity index (χ2v) is 7.16. The number of carbonyl (C=O) groups is 1. The molecule has 2 bridgehead atoms. The third kappa shape index (κ3) is 3.86. The third-order valence-electron chi connectivity index (χ3n) is 5.63. The van der Waals surface area contributed by atoms with Gasteiger partial charge in [0.25, 0.3) is 0 Å². The number of halogens is 1. The van der Waals surface area contributed by atoms with Crippen LogP contribution in [0.5, 0.6) is 5.75 Å². The van der Waals surface area contributed by atoms with Crippen molar-refractivity contribution in [3.8, 4) is 5.75 Å². The first-order chi connectivity index (χ1) is 11.1. The van der Waals surface area contributed by atoms with Crippen LogP contribution in [0.4, 0.5) is 0 Å². The number of benzene rings is 1. The number of para-hydroxylation sites is 1. The summed E-state index contributed by atoms with van der Waals surface area (Å²) < 4.78 is 5.80. The predicted octanol–water partition coefficient (Wildman–Crippen LogP) is 3.02. The lowest BCUT2D eigenvalue weighted by atomic mass is 9.84. The summed E-state index contributed by atoms with van der Waals surface area (Å²) >= 11 is 0. The van der Waals surface area contributed by atoms with E-state index in [1.54, 1.807) is 0 Å². The van der Waals surface area contributed by atoms with Crippen LogP contribution < -0.4 is 10.5 Å². The molecule has 2 N–H and O–H groups in total. The van der Waals surface area contributed by atoms with E-state index in [2.05, 4.69) is 0 Å². The molecule has 4 atom stereocenters. The molecule has 5 heteroatoms. The molecule has 4 unspecified atom stereocenters. The molecule has 4 nitrogen and oxygen atoms in total. The molecular formula is C19H29ClN2O2. The molecule has 2 aliphatic carbocycles. The van der Waals surface area contributed by atoms with E-state index in [1.807, 2.05) is 43.1 Å². The fourth-order valence-corrected chi connectivity index (χ4v) is 4.27. The number of hydrogen-bond acceptors (Lipinski definition) is 3. The highest BCUT2D eigenvalue weighted by molar-refractivity contribution is 5.85. The molecule has 24 heavy (non-hydrogen) atoms. The lowest BCUT2D eigenvalue weighted by molar-refractivity contribution is -0.136.